The molecule has 1 saturated heterocycles. The molecule has 0 spiro atoms. The fourth-order valence-corrected chi connectivity index (χ4v) is 4.19. The van der Waals surface area contributed by atoms with Crippen molar-refractivity contribution in [3.63, 3.8) is 0 Å². The molecule has 9 heteroatoms. The molecule has 0 unspecified atom stereocenters. The van der Waals surface area contributed by atoms with Gasteiger partial charge >= 0.3 is 6.09 Å². The quantitative estimate of drug-likeness (QED) is 0.309. The number of anilines is 1. The largest absolute Gasteiger partial charge is 0.443 e. The maximum absolute atomic E-state index is 13.0. The molecule has 0 radical (unpaired) electrons. The van der Waals surface area contributed by atoms with E-state index in [4.69, 9.17) is 9.47 Å². The summed E-state index contributed by atoms with van der Waals surface area (Å²) in [5, 5.41) is 12.4. The van der Waals surface area contributed by atoms with Crippen LogP contribution in [0.25, 0.3) is 0 Å². The normalized spacial score (nSPS) is 14.7. The highest BCUT2D eigenvalue weighted by atomic mass is 32.2. The van der Waals surface area contributed by atoms with Gasteiger partial charge in [-0.05, 0) is 45.1 Å². The number of pyridine rings is 1. The highest BCUT2D eigenvalue weighted by Gasteiger charge is 2.32. The molecule has 1 aromatic carbocycles. The van der Waals surface area contributed by atoms with Crippen molar-refractivity contribution in [3.05, 3.63) is 58.3 Å². The van der Waals surface area contributed by atoms with Gasteiger partial charge < -0.3 is 9.47 Å². The van der Waals surface area contributed by atoms with Crippen molar-refractivity contribution in [1.82, 2.24) is 4.98 Å². The van der Waals surface area contributed by atoms with E-state index in [1.165, 1.54) is 28.9 Å². The average Bonchev–Trinajstić information content (AvgIpc) is 2.76. The van der Waals surface area contributed by atoms with Gasteiger partial charge in [0.1, 0.15) is 16.3 Å². The predicted molar refractivity (Wildman–Crippen MR) is 124 cm³/mol. The van der Waals surface area contributed by atoms with Crippen molar-refractivity contribution in [2.75, 3.05) is 24.7 Å². The molecular formula is C23H29N3O5S. The molecular weight excluding hydrogens is 430 g/mol. The maximum atomic E-state index is 13.0. The molecule has 1 aliphatic heterocycles. The molecule has 32 heavy (non-hydrogen) atoms. The second-order valence-corrected chi connectivity index (χ2v) is 9.68. The van der Waals surface area contributed by atoms with E-state index < -0.39 is 16.6 Å². The number of ether oxygens (including phenoxy) is 2. The monoisotopic (exact) mass is 459 g/mol. The Kier molecular flexibility index (Phi) is 8.09. The minimum atomic E-state index is -0.724. The Morgan fingerprint density at radius 1 is 1.28 bits per heavy atom. The Labute approximate surface area is 192 Å². The van der Waals surface area contributed by atoms with Gasteiger partial charge in [-0.1, -0.05) is 30.3 Å². The van der Waals surface area contributed by atoms with Crippen molar-refractivity contribution in [1.29, 1.82) is 0 Å². The number of nitro groups is 1. The first-order valence-electron chi connectivity index (χ1n) is 10.6. The van der Waals surface area contributed by atoms with Crippen molar-refractivity contribution >= 4 is 29.2 Å². The number of thioether (sulfide) groups is 1. The van der Waals surface area contributed by atoms with Crippen LogP contribution < -0.4 is 4.90 Å². The number of carbonyl (C=O) groups excluding carboxylic acids is 1. The molecule has 0 saturated carbocycles. The fourth-order valence-electron chi connectivity index (χ4n) is 3.36. The standard InChI is InChI=1S/C23H29N3O5S/c1-23(2,3)31-22(27)25(15-17-9-11-30-12-10-17)20-14-24-21(13-19(20)26(28)29)32-16-18-7-5-4-6-8-18/h4-8,13-14,17H,9-12,15-16H2,1-3H3. The Balaban J connectivity index is 1.87. The maximum Gasteiger partial charge on any atom is 0.415 e. The molecule has 1 amide bonds. The van der Waals surface area contributed by atoms with E-state index in [0.29, 0.717) is 30.5 Å². The van der Waals surface area contributed by atoms with E-state index in [0.717, 1.165) is 18.4 Å². The summed E-state index contributed by atoms with van der Waals surface area (Å²) in [5.41, 5.74) is 0.368. The number of hydrogen-bond donors (Lipinski definition) is 0. The first-order chi connectivity index (χ1) is 15.2. The average molecular weight is 460 g/mol. The smallest absolute Gasteiger partial charge is 0.415 e. The van der Waals surface area contributed by atoms with E-state index in [2.05, 4.69) is 4.98 Å². The summed E-state index contributed by atoms with van der Waals surface area (Å²) in [5.74, 6) is 0.811. The second kappa shape index (κ2) is 10.8. The van der Waals surface area contributed by atoms with Crippen LogP contribution in [0.3, 0.4) is 0 Å². The lowest BCUT2D eigenvalue weighted by Crippen LogP contribution is -2.41. The lowest BCUT2D eigenvalue weighted by atomic mass is 9.99. The first-order valence-corrected chi connectivity index (χ1v) is 11.6. The zero-order valence-corrected chi connectivity index (χ0v) is 19.5. The molecule has 1 fully saturated rings. The van der Waals surface area contributed by atoms with Crippen molar-refractivity contribution in [2.24, 2.45) is 5.92 Å². The van der Waals surface area contributed by atoms with Crippen molar-refractivity contribution in [3.8, 4) is 0 Å². The molecule has 1 aromatic heterocycles. The second-order valence-electron chi connectivity index (χ2n) is 8.69. The fraction of sp³-hybridized carbons (Fsp3) is 0.478. The number of benzene rings is 1. The lowest BCUT2D eigenvalue weighted by molar-refractivity contribution is -0.384. The summed E-state index contributed by atoms with van der Waals surface area (Å²) in [4.78, 5) is 30.2. The topological polar surface area (TPSA) is 94.8 Å². The first kappa shape index (κ1) is 24.0. The number of aromatic nitrogens is 1. The molecule has 0 N–H and O–H groups in total. The minimum absolute atomic E-state index is 0.153. The molecule has 8 nitrogen and oxygen atoms in total. The van der Waals surface area contributed by atoms with E-state index in [1.807, 2.05) is 30.3 Å². The van der Waals surface area contributed by atoms with Gasteiger partial charge in [-0.2, -0.15) is 0 Å². The van der Waals surface area contributed by atoms with E-state index in [1.54, 1.807) is 20.8 Å². The van der Waals surface area contributed by atoms with Gasteiger partial charge in [-0.15, -0.1) is 11.8 Å². The van der Waals surface area contributed by atoms with Gasteiger partial charge in [0.05, 0.1) is 17.2 Å². The zero-order chi connectivity index (χ0) is 23.1. The number of nitrogens with zero attached hydrogens (tertiary/aromatic N) is 3. The third-order valence-electron chi connectivity index (χ3n) is 4.95. The van der Waals surface area contributed by atoms with Gasteiger partial charge in [-0.3, -0.25) is 15.0 Å². The van der Waals surface area contributed by atoms with Crippen LogP contribution in [0.15, 0.2) is 47.6 Å². The molecule has 0 aliphatic carbocycles. The van der Waals surface area contributed by atoms with Gasteiger partial charge in [0.2, 0.25) is 0 Å². The molecule has 0 atom stereocenters. The number of hydrogen-bond acceptors (Lipinski definition) is 7. The molecule has 2 heterocycles. The summed E-state index contributed by atoms with van der Waals surface area (Å²) in [6, 6.07) is 11.3. The predicted octanol–water partition coefficient (Wildman–Crippen LogP) is 5.45. The van der Waals surface area contributed by atoms with Crippen molar-refractivity contribution < 1.29 is 19.2 Å². The Bertz CT molecular complexity index is 927. The van der Waals surface area contributed by atoms with E-state index in [9.17, 15) is 14.9 Å². The van der Waals surface area contributed by atoms with E-state index in [-0.39, 0.29) is 17.3 Å². The molecule has 2 aromatic rings. The molecule has 172 valence electrons. The van der Waals surface area contributed by atoms with Crippen LogP contribution in [0.4, 0.5) is 16.2 Å². The summed E-state index contributed by atoms with van der Waals surface area (Å²) < 4.78 is 11.0. The van der Waals surface area contributed by atoms with Gasteiger partial charge in [0, 0.05) is 25.5 Å². The van der Waals surface area contributed by atoms with Gasteiger partial charge in [-0.25, -0.2) is 9.78 Å². The van der Waals surface area contributed by atoms with Crippen LogP contribution in [-0.4, -0.2) is 41.4 Å². The third kappa shape index (κ3) is 6.93. The highest BCUT2D eigenvalue weighted by molar-refractivity contribution is 7.98. The summed E-state index contributed by atoms with van der Waals surface area (Å²) in [6.45, 7) is 6.86. The lowest BCUT2D eigenvalue weighted by Gasteiger charge is -2.31. The van der Waals surface area contributed by atoms with Crippen molar-refractivity contribution in [2.45, 2.75) is 50.0 Å². The summed E-state index contributed by atoms with van der Waals surface area (Å²) >= 11 is 1.41. The highest BCUT2D eigenvalue weighted by Crippen LogP contribution is 2.34. The van der Waals surface area contributed by atoms with Crippen LogP contribution in [0, 0.1) is 16.0 Å². The van der Waals surface area contributed by atoms with Gasteiger partial charge in [0.25, 0.3) is 5.69 Å². The van der Waals surface area contributed by atoms with Crippen LogP contribution in [0.1, 0.15) is 39.2 Å². The molecule has 0 bridgehead atoms. The van der Waals surface area contributed by atoms with Crippen LogP contribution in [0.5, 0.6) is 0 Å². The number of amides is 1. The molecule has 1 aliphatic rings. The summed E-state index contributed by atoms with van der Waals surface area (Å²) in [7, 11) is 0. The SMILES string of the molecule is CC(C)(C)OC(=O)N(CC1CCOCC1)c1cnc(SCc2ccccc2)cc1[N+](=O)[O-]. The minimum Gasteiger partial charge on any atom is -0.443 e. The Morgan fingerprint density at radius 3 is 2.59 bits per heavy atom. The van der Waals surface area contributed by atoms with Gasteiger partial charge in [0.15, 0.2) is 0 Å². The molecule has 3 rings (SSSR count). The van der Waals surface area contributed by atoms with Crippen LogP contribution >= 0.6 is 11.8 Å². The van der Waals surface area contributed by atoms with E-state index >= 15 is 0 Å². The summed E-state index contributed by atoms with van der Waals surface area (Å²) in [6.07, 6.45) is 2.37. The zero-order valence-electron chi connectivity index (χ0n) is 18.7. The number of rotatable bonds is 7. The Morgan fingerprint density at radius 2 is 1.97 bits per heavy atom. The Hall–Kier alpha value is -2.65. The van der Waals surface area contributed by atoms with Crippen LogP contribution in [-0.2, 0) is 15.2 Å². The number of carbonyl (C=O) groups is 1. The third-order valence-corrected chi connectivity index (χ3v) is 5.95. The van der Waals surface area contributed by atoms with Crippen LogP contribution in [0.2, 0.25) is 0 Å².